The summed E-state index contributed by atoms with van der Waals surface area (Å²) in [5, 5.41) is 7.93. The summed E-state index contributed by atoms with van der Waals surface area (Å²) in [6, 6.07) is 52.6. The molecule has 216 valence electrons. The lowest BCUT2D eigenvalue weighted by atomic mass is 9.90. The van der Waals surface area contributed by atoms with Crippen LogP contribution < -0.4 is 0 Å². The quantitative estimate of drug-likeness (QED) is 0.187. The van der Waals surface area contributed by atoms with Crippen molar-refractivity contribution in [1.82, 2.24) is 4.57 Å². The first-order valence-electron chi connectivity index (χ1n) is 15.5. The molecular formula is C43H33NS. The zero-order valence-corrected chi connectivity index (χ0v) is 26.5. The van der Waals surface area contributed by atoms with Gasteiger partial charge in [0, 0.05) is 36.6 Å². The maximum atomic E-state index is 2.45. The van der Waals surface area contributed by atoms with Crippen LogP contribution in [0.2, 0.25) is 0 Å². The minimum Gasteiger partial charge on any atom is -0.309 e. The lowest BCUT2D eigenvalue weighted by Crippen LogP contribution is -1.94. The fourth-order valence-corrected chi connectivity index (χ4v) is 8.04. The Kier molecular flexibility index (Phi) is 6.73. The van der Waals surface area contributed by atoms with Crippen LogP contribution in [0.4, 0.5) is 0 Å². The number of benzene rings is 7. The van der Waals surface area contributed by atoms with Gasteiger partial charge in [-0.3, -0.25) is 0 Å². The van der Waals surface area contributed by atoms with Crippen molar-refractivity contribution in [3.05, 3.63) is 162 Å². The Bertz CT molecular complexity index is 2500. The SMILES string of the molecule is Cc1cc2sc3ccccc3c2cc1-c1c(C)ccc2c1c1c3ccccc3ccc1n2-c1ccccc1.Cc1ccccc1. The van der Waals surface area contributed by atoms with E-state index in [1.807, 2.05) is 29.5 Å². The van der Waals surface area contributed by atoms with Crippen LogP contribution in [-0.2, 0) is 0 Å². The van der Waals surface area contributed by atoms with E-state index in [0.29, 0.717) is 0 Å². The number of rotatable bonds is 2. The fraction of sp³-hybridized carbons (Fsp3) is 0.0698. The first-order valence-corrected chi connectivity index (χ1v) is 16.3. The zero-order valence-electron chi connectivity index (χ0n) is 25.7. The maximum Gasteiger partial charge on any atom is 0.0547 e. The van der Waals surface area contributed by atoms with Gasteiger partial charge in [-0.05, 0) is 96.3 Å². The van der Waals surface area contributed by atoms with Crippen LogP contribution in [-0.4, -0.2) is 4.57 Å². The van der Waals surface area contributed by atoms with Crippen LogP contribution in [0.5, 0.6) is 0 Å². The van der Waals surface area contributed by atoms with Gasteiger partial charge in [-0.1, -0.05) is 109 Å². The maximum absolute atomic E-state index is 2.45. The van der Waals surface area contributed by atoms with E-state index in [2.05, 4.69) is 153 Å². The molecule has 0 aliphatic carbocycles. The molecule has 0 aliphatic rings. The highest BCUT2D eigenvalue weighted by Gasteiger charge is 2.21. The molecule has 0 radical (unpaired) electrons. The number of nitrogens with zero attached hydrogens (tertiary/aromatic N) is 1. The topological polar surface area (TPSA) is 4.93 Å². The average molecular weight is 596 g/mol. The lowest BCUT2D eigenvalue weighted by molar-refractivity contribution is 1.18. The van der Waals surface area contributed by atoms with Crippen LogP contribution in [0.1, 0.15) is 16.7 Å². The van der Waals surface area contributed by atoms with E-state index in [1.54, 1.807) is 0 Å². The van der Waals surface area contributed by atoms with E-state index in [9.17, 15) is 0 Å². The van der Waals surface area contributed by atoms with Crippen LogP contribution in [0.3, 0.4) is 0 Å². The molecule has 0 saturated carbocycles. The molecule has 2 heterocycles. The number of aromatic nitrogens is 1. The van der Waals surface area contributed by atoms with Crippen molar-refractivity contribution < 1.29 is 0 Å². The van der Waals surface area contributed by atoms with Crippen molar-refractivity contribution in [2.45, 2.75) is 20.8 Å². The molecule has 0 N–H and O–H groups in total. The molecule has 0 unspecified atom stereocenters. The van der Waals surface area contributed by atoms with E-state index >= 15 is 0 Å². The number of aryl methyl sites for hydroxylation is 3. The Morgan fingerprint density at radius 2 is 1.11 bits per heavy atom. The van der Waals surface area contributed by atoms with E-state index in [-0.39, 0.29) is 0 Å². The third-order valence-corrected chi connectivity index (χ3v) is 10.1. The van der Waals surface area contributed by atoms with Gasteiger partial charge in [0.25, 0.3) is 0 Å². The van der Waals surface area contributed by atoms with Gasteiger partial charge in [0.05, 0.1) is 11.0 Å². The van der Waals surface area contributed by atoms with Crippen LogP contribution in [0.15, 0.2) is 146 Å². The van der Waals surface area contributed by atoms with Crippen molar-refractivity contribution in [2.75, 3.05) is 0 Å². The minimum absolute atomic E-state index is 1.19. The molecule has 1 nitrogen and oxygen atoms in total. The molecule has 9 aromatic rings. The molecule has 0 fully saturated rings. The second kappa shape index (κ2) is 11.1. The molecule has 0 atom stereocenters. The van der Waals surface area contributed by atoms with Crippen LogP contribution >= 0.6 is 11.3 Å². The van der Waals surface area contributed by atoms with Gasteiger partial charge >= 0.3 is 0 Å². The Labute approximate surface area is 267 Å². The largest absolute Gasteiger partial charge is 0.309 e. The van der Waals surface area contributed by atoms with Gasteiger partial charge in [0.2, 0.25) is 0 Å². The molecular weight excluding hydrogens is 563 g/mol. The summed E-state index contributed by atoms with van der Waals surface area (Å²) in [5.41, 5.74) is 10.3. The van der Waals surface area contributed by atoms with Crippen molar-refractivity contribution in [2.24, 2.45) is 0 Å². The van der Waals surface area contributed by atoms with Crippen molar-refractivity contribution in [1.29, 1.82) is 0 Å². The van der Waals surface area contributed by atoms with Crippen LogP contribution in [0, 0.1) is 20.8 Å². The third-order valence-electron chi connectivity index (χ3n) is 8.98. The van der Waals surface area contributed by atoms with Crippen LogP contribution in [0.25, 0.3) is 69.6 Å². The first-order chi connectivity index (χ1) is 22.1. The molecule has 0 amide bonds. The van der Waals surface area contributed by atoms with E-state index in [4.69, 9.17) is 0 Å². The summed E-state index contributed by atoms with van der Waals surface area (Å²) >= 11 is 1.89. The monoisotopic (exact) mass is 595 g/mol. The highest BCUT2D eigenvalue weighted by molar-refractivity contribution is 7.25. The Morgan fingerprint density at radius 1 is 0.467 bits per heavy atom. The second-order valence-electron chi connectivity index (χ2n) is 11.9. The Morgan fingerprint density at radius 3 is 1.87 bits per heavy atom. The number of hydrogen-bond donors (Lipinski definition) is 0. The molecule has 0 saturated heterocycles. The Hall–Kier alpha value is -5.18. The predicted octanol–water partition coefficient (Wildman–Crippen LogP) is 12.6. The molecule has 0 bridgehead atoms. The van der Waals surface area contributed by atoms with Gasteiger partial charge in [-0.2, -0.15) is 0 Å². The molecule has 0 aliphatic heterocycles. The molecule has 2 heteroatoms. The molecule has 9 rings (SSSR count). The summed E-state index contributed by atoms with van der Waals surface area (Å²) in [5.74, 6) is 0. The van der Waals surface area contributed by atoms with Gasteiger partial charge in [-0.25, -0.2) is 0 Å². The minimum atomic E-state index is 1.19. The molecule has 45 heavy (non-hydrogen) atoms. The van der Waals surface area contributed by atoms with E-state index in [1.165, 1.54) is 86.3 Å². The standard InChI is InChI=1S/C36H25NS.C7H8/c1-22-16-18-31-36(34(22)28-21-29-27-14-8-9-15-32(27)38-33(29)20-23(28)2)35-26-13-7-6-10-24(26)17-19-30(35)37(31)25-11-4-3-5-12-25;1-7-5-3-2-4-6-7/h3-21H,1-2H3;2-6H,1H3. The lowest BCUT2D eigenvalue weighted by Gasteiger charge is -2.14. The van der Waals surface area contributed by atoms with Crippen molar-refractivity contribution in [3.63, 3.8) is 0 Å². The summed E-state index contributed by atoms with van der Waals surface area (Å²) in [6.45, 7) is 6.62. The molecule has 0 spiro atoms. The van der Waals surface area contributed by atoms with E-state index < -0.39 is 0 Å². The molecule has 2 aromatic heterocycles. The number of fused-ring (bicyclic) bond motifs is 8. The number of hydrogen-bond acceptors (Lipinski definition) is 1. The summed E-state index contributed by atoms with van der Waals surface area (Å²) < 4.78 is 5.14. The first kappa shape index (κ1) is 27.4. The van der Waals surface area contributed by atoms with Gasteiger partial charge < -0.3 is 4.57 Å². The van der Waals surface area contributed by atoms with Gasteiger partial charge in [0.1, 0.15) is 0 Å². The van der Waals surface area contributed by atoms with Crippen molar-refractivity contribution in [3.8, 4) is 16.8 Å². The highest BCUT2D eigenvalue weighted by atomic mass is 32.1. The average Bonchev–Trinajstić information content (AvgIpc) is 3.61. The second-order valence-corrected chi connectivity index (χ2v) is 13.0. The van der Waals surface area contributed by atoms with Gasteiger partial charge in [-0.15, -0.1) is 11.3 Å². The number of para-hydroxylation sites is 1. The normalized spacial score (nSPS) is 11.4. The summed E-state index contributed by atoms with van der Waals surface area (Å²) in [4.78, 5) is 0. The summed E-state index contributed by atoms with van der Waals surface area (Å²) in [6.07, 6.45) is 0. The third kappa shape index (κ3) is 4.61. The number of thiophene rings is 1. The highest BCUT2D eigenvalue weighted by Crippen LogP contribution is 2.45. The fourth-order valence-electron chi connectivity index (χ4n) is 6.85. The molecule has 7 aromatic carbocycles. The van der Waals surface area contributed by atoms with Crippen molar-refractivity contribution >= 4 is 64.1 Å². The zero-order chi connectivity index (χ0) is 30.5. The Balaban J connectivity index is 0.000000382. The summed E-state index contributed by atoms with van der Waals surface area (Å²) in [7, 11) is 0. The smallest absolute Gasteiger partial charge is 0.0547 e. The van der Waals surface area contributed by atoms with E-state index in [0.717, 1.165) is 0 Å². The predicted molar refractivity (Wildman–Crippen MR) is 197 cm³/mol. The van der Waals surface area contributed by atoms with Gasteiger partial charge in [0.15, 0.2) is 0 Å².